The Morgan fingerprint density at radius 3 is 1.62 bits per heavy atom. The van der Waals surface area contributed by atoms with Crippen molar-refractivity contribution in [3.05, 3.63) is 90.0 Å². The monoisotopic (exact) mass is 2100 g/mol. The van der Waals surface area contributed by atoms with Crippen LogP contribution in [0.5, 0.6) is 0 Å². The molecule has 0 bridgehead atoms. The van der Waals surface area contributed by atoms with E-state index in [-0.39, 0.29) is 66.9 Å². The Balaban J connectivity index is 0.821. The maximum absolute atomic E-state index is 14.7. The fourth-order valence-corrected chi connectivity index (χ4v) is 21.7. The van der Waals surface area contributed by atoms with Gasteiger partial charge in [-0.3, -0.25) is 98.5 Å². The molecule has 5 aliphatic rings. The molecule has 9 rings (SSSR count). The molecule has 4 amide bonds. The average Bonchev–Trinajstić information content (AvgIpc) is 1.61. The number of phosphoric ester groups is 4. The van der Waals surface area contributed by atoms with Crippen LogP contribution >= 0.6 is 44.5 Å². The zero-order valence-electron chi connectivity index (χ0n) is 78.2. The summed E-state index contributed by atoms with van der Waals surface area (Å²) in [6, 6.07) is -1.41. The maximum Gasteiger partial charge on any atom is 0.472 e. The molecule has 776 valence electrons. The summed E-state index contributed by atoms with van der Waals surface area (Å²) in [4.78, 5) is 189. The molecule has 4 saturated heterocycles. The van der Waals surface area contributed by atoms with Crippen molar-refractivity contribution in [1.82, 2.24) is 54.6 Å². The lowest BCUT2D eigenvalue weighted by atomic mass is 9.93. The fraction of sp³-hybridized carbons (Fsp3) is 0.762. The first-order valence-corrected chi connectivity index (χ1v) is 57.4. The maximum atomic E-state index is 14.7. The highest BCUT2D eigenvalue weighted by Crippen LogP contribution is 2.56. The SMILES string of the molecule is CCCCCCCCCCCCCCCCCCCCCC(=O)N[C@@H](COP(=O)(O)OCC[N+](C)(C)C)C(=O)NCCCCC(CO)COP(=O)(O)O[C@@H]1C[C@H](n2cc(C)c(=O)[nH]c2=O)O[C@@H]1COP(=O)(O)O[C@@H]1C[C@H](n2cc(C)c(=O)[nH]c2=O)O[C@@H]1COP(=O)(O)O[C@@H]1C(OC)[C@H](n2cnc3c(N)ncnc32)O[C@@H]1COP(O)(=S)O[C@@H]1C(OC)[C@H](C2C=CC(=O)NC2=O)O[C@@H]1COP(C)(O)=S. The summed E-state index contributed by atoms with van der Waals surface area (Å²) in [7, 11) is -13.3. The van der Waals surface area contributed by atoms with E-state index in [2.05, 4.69) is 47.8 Å². The van der Waals surface area contributed by atoms with Crippen molar-refractivity contribution in [2.24, 2.45) is 11.8 Å². The lowest BCUT2D eigenvalue weighted by molar-refractivity contribution is -0.870. The predicted octanol–water partition coefficient (Wildman–Crippen LogP) is 6.34. The van der Waals surface area contributed by atoms with Crippen molar-refractivity contribution in [3.63, 3.8) is 0 Å². The zero-order chi connectivity index (χ0) is 100. The van der Waals surface area contributed by atoms with Gasteiger partial charge in [-0.2, -0.15) is 0 Å². The lowest BCUT2D eigenvalue weighted by Crippen LogP contribution is -2.49. The molecule has 49 nitrogen and oxygen atoms in total. The number of aromatic nitrogens is 8. The number of anilines is 1. The summed E-state index contributed by atoms with van der Waals surface area (Å²) in [5.74, 6) is -4.83. The molecule has 0 aliphatic carbocycles. The topological polar surface area (TPSA) is 651 Å². The fourth-order valence-electron chi connectivity index (χ4n) is 16.0. The van der Waals surface area contributed by atoms with E-state index in [0.717, 1.165) is 73.1 Å². The molecule has 0 radical (unpaired) electrons. The van der Waals surface area contributed by atoms with Crippen molar-refractivity contribution in [1.29, 1.82) is 0 Å². The number of H-pyrrole nitrogens is 2. The number of phosphoric acid groups is 4. The standard InChI is InChI=1S/C80H133N13O36P6S2/c1-10-11-12-13-14-15-16-17-18-19-20-21-22-23-24-25-26-27-28-32-62(95)86-55(44-118-131(104,105)115-37-36-93(4,5)6)77(100)82-35-30-29-31-53(42-94)43-117-132(106,107)126-56-38-64(90-40-51(2)74(97)88-79(90)101)122-58(56)45-119-133(108,109)127-57-39-65(91-41-52(3)75(98)89-80(91)102)123-59(57)46-120-134(110,111)128-69-61(125-78(71(69)114-8)92-50-85-66-72(81)83-49-84-73(66)92)48-121-135(112,137)129-68-60(47-116-130(9,103)136)124-67(70(68)113-7)54-33-34-63(96)87-76(54)99/h33-34,40-41,49-50,53-61,64-65,67-71,78,94H,10-32,35-39,42-48H2,1-9H3,(H12-,81,82,83,84,86,87,88,89,95,96,97,98,99,100,101,102,103,104,105,106,107,108,109,110,111,112,136,137)/p+1/t53?,54?,55-,56+,57+,58+,59+,60+,61+,64+,65+,67-,68-,69-,70?,71?,78+,130?,135?/m0/s1. The number of aliphatic hydroxyl groups excluding tert-OH is 1. The number of aliphatic hydroxyl groups is 1. The van der Waals surface area contributed by atoms with Gasteiger partial charge in [0.25, 0.3) is 11.1 Å². The number of nitrogens with two attached hydrogens (primary N) is 1. The quantitative estimate of drug-likeness (QED) is 0.00992. The normalized spacial score (nSPS) is 26.2. The summed E-state index contributed by atoms with van der Waals surface area (Å²) in [5, 5.41) is 18.0. The van der Waals surface area contributed by atoms with Gasteiger partial charge in [0.1, 0.15) is 111 Å². The molecule has 0 aromatic carbocycles. The Labute approximate surface area is 802 Å². The number of quaternary nitrogens is 1. The highest BCUT2D eigenvalue weighted by Gasteiger charge is 2.56. The Kier molecular flexibility index (Phi) is 45.5. The third-order valence-electron chi connectivity index (χ3n) is 23.3. The molecule has 137 heavy (non-hydrogen) atoms. The number of nitrogen functional groups attached to an aromatic ring is 1. The van der Waals surface area contributed by atoms with Gasteiger partial charge < -0.3 is 92.8 Å². The molecule has 10 unspecified atom stereocenters. The van der Waals surface area contributed by atoms with Crippen LogP contribution in [0.4, 0.5) is 5.82 Å². The minimum Gasteiger partial charge on any atom is -0.396 e. The van der Waals surface area contributed by atoms with E-state index >= 15 is 0 Å². The minimum atomic E-state index is -5.66. The number of fused-ring (bicyclic) bond motifs is 1. The number of likely N-dealkylation sites (N-methyl/N-ethyl adjacent to an activating group) is 1. The van der Waals surface area contributed by atoms with Crippen LogP contribution in [0.2, 0.25) is 0 Å². The van der Waals surface area contributed by atoms with Crippen LogP contribution < -0.4 is 44.2 Å². The summed E-state index contributed by atoms with van der Waals surface area (Å²) in [6.07, 6.45) is 7.09. The van der Waals surface area contributed by atoms with Gasteiger partial charge in [-0.25, -0.2) is 42.8 Å². The summed E-state index contributed by atoms with van der Waals surface area (Å²) >= 11 is 10.6. The zero-order valence-corrected chi connectivity index (χ0v) is 85.2. The number of imidazole rings is 1. The molecular formula is C80H134N13O36P6S2+. The molecular weight excluding hydrogens is 1970 g/mol. The van der Waals surface area contributed by atoms with Crippen LogP contribution in [0.25, 0.3) is 11.2 Å². The van der Waals surface area contributed by atoms with Gasteiger partial charge in [0.15, 0.2) is 24.2 Å². The molecule has 0 spiro atoms. The summed E-state index contributed by atoms with van der Waals surface area (Å²) in [5.41, 5.74) is 2.57. The van der Waals surface area contributed by atoms with Crippen molar-refractivity contribution >= 4 is 109 Å². The molecule has 14 N–H and O–H groups in total. The van der Waals surface area contributed by atoms with Gasteiger partial charge in [0, 0.05) is 88.8 Å². The van der Waals surface area contributed by atoms with Gasteiger partial charge >= 0.3 is 49.4 Å². The summed E-state index contributed by atoms with van der Waals surface area (Å²) < 4.78 is 157. The first-order chi connectivity index (χ1) is 64.7. The number of hydrogen-bond donors (Lipinski definition) is 13. The summed E-state index contributed by atoms with van der Waals surface area (Å²) in [6.45, 7) is -7.33. The van der Waals surface area contributed by atoms with E-state index < -0.39 is 253 Å². The lowest BCUT2D eigenvalue weighted by Gasteiger charge is -2.30. The van der Waals surface area contributed by atoms with E-state index in [1.807, 2.05) is 21.1 Å². The Hall–Kier alpha value is -5.25. The van der Waals surface area contributed by atoms with E-state index in [1.54, 1.807) is 0 Å². The average molecular weight is 2100 g/mol. The molecule has 0 saturated carbocycles. The van der Waals surface area contributed by atoms with Gasteiger partial charge in [0.2, 0.25) is 23.6 Å². The number of nitrogens with zero attached hydrogens (tertiary/aromatic N) is 7. The van der Waals surface area contributed by atoms with Crippen LogP contribution in [0, 0.1) is 25.7 Å². The number of carbonyl (C=O) groups is 4. The third kappa shape index (κ3) is 37.1. The largest absolute Gasteiger partial charge is 0.472 e. The van der Waals surface area contributed by atoms with E-state index in [0.29, 0.717) is 17.4 Å². The van der Waals surface area contributed by atoms with Gasteiger partial charge in [0.05, 0.1) is 73.0 Å². The minimum absolute atomic E-state index is 0.00447. The number of imide groups is 1. The van der Waals surface area contributed by atoms with Crippen molar-refractivity contribution in [2.45, 2.75) is 273 Å². The number of nitrogens with one attached hydrogen (secondary N) is 5. The predicted molar refractivity (Wildman–Crippen MR) is 499 cm³/mol. The number of rotatable bonds is 64. The molecule has 5 aliphatic heterocycles. The molecule has 4 aromatic rings. The van der Waals surface area contributed by atoms with Gasteiger partial charge in [-0.1, -0.05) is 135 Å². The van der Waals surface area contributed by atoms with Crippen LogP contribution in [-0.2, 0) is 139 Å². The number of amides is 4. The third-order valence-corrected chi connectivity index (χ3v) is 29.8. The van der Waals surface area contributed by atoms with Gasteiger partial charge in [-0.15, -0.1) is 0 Å². The Bertz CT molecular complexity index is 5200. The number of unbranched alkanes of at least 4 members (excludes halogenated alkanes) is 19. The van der Waals surface area contributed by atoms with Crippen molar-refractivity contribution in [2.75, 3.05) is 114 Å². The van der Waals surface area contributed by atoms with E-state index in [9.17, 15) is 91.1 Å². The van der Waals surface area contributed by atoms with Crippen LogP contribution in [0.15, 0.2) is 56.4 Å². The number of methoxy groups -OCH3 is 2. The van der Waals surface area contributed by atoms with E-state index in [4.69, 9.17) is 108 Å². The Morgan fingerprint density at radius 2 is 1.09 bits per heavy atom. The van der Waals surface area contributed by atoms with Gasteiger partial charge in [-0.05, 0) is 56.7 Å². The second kappa shape index (κ2) is 54.1. The first-order valence-electron chi connectivity index (χ1n) is 45.7. The van der Waals surface area contributed by atoms with Crippen molar-refractivity contribution in [3.8, 4) is 0 Å². The number of aryl methyl sites for hydroxylation is 2. The number of hydrogen-bond acceptors (Lipinski definition) is 36. The Morgan fingerprint density at radius 1 is 0.591 bits per heavy atom. The second-order valence-electron chi connectivity index (χ2n) is 35.4. The van der Waals surface area contributed by atoms with E-state index in [1.165, 1.54) is 128 Å². The molecule has 23 atom stereocenters. The highest BCUT2D eigenvalue weighted by molar-refractivity contribution is 8.09. The second-order valence-corrected chi connectivity index (χ2v) is 47.7. The molecule has 57 heteroatoms. The first kappa shape index (κ1) is 115. The van der Waals surface area contributed by atoms with Crippen LogP contribution in [0.3, 0.4) is 0 Å². The smallest absolute Gasteiger partial charge is 0.396 e. The number of aromatic amines is 2. The van der Waals surface area contributed by atoms with Crippen LogP contribution in [-0.4, -0.2) is 282 Å². The molecule has 9 heterocycles. The highest BCUT2D eigenvalue weighted by atomic mass is 32.5. The van der Waals surface area contributed by atoms with Crippen molar-refractivity contribution < 1.29 is 155 Å². The number of carbonyl (C=O) groups excluding carboxylic acids is 4. The molecule has 4 aromatic heterocycles. The number of ether oxygens (including phenoxy) is 6. The molecule has 4 fully saturated rings. The van der Waals surface area contributed by atoms with Crippen LogP contribution in [0.1, 0.15) is 197 Å².